The fourth-order valence-corrected chi connectivity index (χ4v) is 3.28. The van der Waals surface area contributed by atoms with E-state index in [1.54, 1.807) is 6.92 Å². The Kier molecular flexibility index (Phi) is 5.17. The first-order valence-electron chi connectivity index (χ1n) is 6.62. The summed E-state index contributed by atoms with van der Waals surface area (Å²) < 4.78 is 0. The second-order valence-corrected chi connectivity index (χ2v) is 5.18. The second-order valence-electron chi connectivity index (χ2n) is 5.18. The normalized spacial score (nSPS) is 27.1. The van der Waals surface area contributed by atoms with Crippen molar-refractivity contribution < 1.29 is 9.59 Å². The largest absolute Gasteiger partial charge is 0.300 e. The predicted molar refractivity (Wildman–Crippen MR) is 65.2 cm³/mol. The maximum Gasteiger partial charge on any atom is 0.133 e. The molecule has 1 rings (SSSR count). The Morgan fingerprint density at radius 3 is 1.88 bits per heavy atom. The number of carbonyl (C=O) groups is 2. The molecule has 1 aliphatic rings. The van der Waals surface area contributed by atoms with Gasteiger partial charge in [-0.2, -0.15) is 0 Å². The summed E-state index contributed by atoms with van der Waals surface area (Å²) in [5.41, 5.74) is 0. The zero-order valence-electron chi connectivity index (χ0n) is 10.8. The number of hydrogen-bond acceptors (Lipinski definition) is 2. The minimum Gasteiger partial charge on any atom is -0.300 e. The number of carbonyl (C=O) groups excluding carboxylic acids is 2. The van der Waals surface area contributed by atoms with Gasteiger partial charge >= 0.3 is 0 Å². The van der Waals surface area contributed by atoms with Crippen LogP contribution in [0.2, 0.25) is 0 Å². The molecule has 2 atom stereocenters. The van der Waals surface area contributed by atoms with Crippen LogP contribution in [0.15, 0.2) is 0 Å². The highest BCUT2D eigenvalue weighted by molar-refractivity contribution is 5.85. The summed E-state index contributed by atoms with van der Waals surface area (Å²) in [4.78, 5) is 23.5. The lowest BCUT2D eigenvalue weighted by Crippen LogP contribution is -2.37. The molecule has 16 heavy (non-hydrogen) atoms. The standard InChI is InChI=1S/C14H24O2/c1-4-6-11-8-13(16)9-12(7-5-2)14(11)10(3)15/h11-12,14H,4-9H2,1-3H3/t11-,12-/m0/s1. The Bertz CT molecular complexity index is 239. The van der Waals surface area contributed by atoms with Crippen LogP contribution < -0.4 is 0 Å². The van der Waals surface area contributed by atoms with Crippen LogP contribution in [-0.2, 0) is 9.59 Å². The fraction of sp³-hybridized carbons (Fsp3) is 0.857. The molecule has 0 spiro atoms. The molecule has 0 aromatic heterocycles. The molecule has 0 aromatic carbocycles. The monoisotopic (exact) mass is 224 g/mol. The van der Waals surface area contributed by atoms with Gasteiger partial charge < -0.3 is 0 Å². The molecule has 1 fully saturated rings. The molecule has 0 unspecified atom stereocenters. The summed E-state index contributed by atoms with van der Waals surface area (Å²) in [7, 11) is 0. The molecular weight excluding hydrogens is 200 g/mol. The number of hydrogen-bond donors (Lipinski definition) is 0. The summed E-state index contributed by atoms with van der Waals surface area (Å²) >= 11 is 0. The first kappa shape index (κ1) is 13.4. The Morgan fingerprint density at radius 1 is 1.12 bits per heavy atom. The van der Waals surface area contributed by atoms with Gasteiger partial charge in [0.05, 0.1) is 0 Å². The van der Waals surface area contributed by atoms with Gasteiger partial charge in [0.2, 0.25) is 0 Å². The van der Waals surface area contributed by atoms with Crippen LogP contribution in [0.3, 0.4) is 0 Å². The van der Waals surface area contributed by atoms with E-state index in [4.69, 9.17) is 0 Å². The average molecular weight is 224 g/mol. The summed E-state index contributed by atoms with van der Waals surface area (Å²) in [6, 6.07) is 0. The van der Waals surface area contributed by atoms with E-state index < -0.39 is 0 Å². The third kappa shape index (κ3) is 3.16. The molecule has 0 aromatic rings. The van der Waals surface area contributed by atoms with Crippen molar-refractivity contribution in [2.24, 2.45) is 17.8 Å². The summed E-state index contributed by atoms with van der Waals surface area (Å²) in [5, 5.41) is 0. The van der Waals surface area contributed by atoms with Crippen molar-refractivity contribution in [3.8, 4) is 0 Å². The maximum absolute atomic E-state index is 11.8. The topological polar surface area (TPSA) is 34.1 Å². The van der Waals surface area contributed by atoms with Gasteiger partial charge in [-0.3, -0.25) is 9.59 Å². The van der Waals surface area contributed by atoms with Crippen LogP contribution in [0.1, 0.15) is 59.3 Å². The van der Waals surface area contributed by atoms with Gasteiger partial charge in [-0.15, -0.1) is 0 Å². The Morgan fingerprint density at radius 2 is 1.56 bits per heavy atom. The minimum atomic E-state index is 0.151. The third-order valence-corrected chi connectivity index (χ3v) is 3.78. The molecule has 0 radical (unpaired) electrons. The van der Waals surface area contributed by atoms with Crippen molar-refractivity contribution in [2.75, 3.05) is 0 Å². The summed E-state index contributed by atoms with van der Waals surface area (Å²) in [6.45, 7) is 5.96. The first-order chi connectivity index (χ1) is 7.60. The van der Waals surface area contributed by atoms with Crippen LogP contribution in [0.25, 0.3) is 0 Å². The van der Waals surface area contributed by atoms with Crippen molar-refractivity contribution >= 4 is 11.6 Å². The Labute approximate surface area is 98.8 Å². The van der Waals surface area contributed by atoms with Gasteiger partial charge in [0.25, 0.3) is 0 Å². The highest BCUT2D eigenvalue weighted by Crippen LogP contribution is 2.38. The molecule has 92 valence electrons. The van der Waals surface area contributed by atoms with Gasteiger partial charge in [0.1, 0.15) is 11.6 Å². The number of rotatable bonds is 5. The molecule has 0 amide bonds. The van der Waals surface area contributed by atoms with E-state index in [1.165, 1.54) is 0 Å². The van der Waals surface area contributed by atoms with Gasteiger partial charge in [-0.1, -0.05) is 26.7 Å². The SMILES string of the molecule is CCC[C@H]1CC(=O)C[C@H](CCC)C1C(C)=O. The maximum atomic E-state index is 11.8. The molecule has 0 bridgehead atoms. The van der Waals surface area contributed by atoms with Crippen molar-refractivity contribution in [1.82, 2.24) is 0 Å². The van der Waals surface area contributed by atoms with Crippen molar-refractivity contribution in [3.05, 3.63) is 0 Å². The molecule has 0 N–H and O–H groups in total. The van der Waals surface area contributed by atoms with Crippen molar-refractivity contribution in [1.29, 1.82) is 0 Å². The lowest BCUT2D eigenvalue weighted by molar-refractivity contribution is -0.132. The van der Waals surface area contributed by atoms with Gasteiger partial charge in [0.15, 0.2) is 0 Å². The molecule has 1 saturated carbocycles. The molecule has 2 nitrogen and oxygen atoms in total. The number of Topliss-reactive ketones (excluding diaryl/α,β-unsaturated/α-hetero) is 2. The Hall–Kier alpha value is -0.660. The van der Waals surface area contributed by atoms with E-state index in [0.717, 1.165) is 25.7 Å². The van der Waals surface area contributed by atoms with E-state index in [9.17, 15) is 9.59 Å². The smallest absolute Gasteiger partial charge is 0.133 e. The molecular formula is C14H24O2. The van der Waals surface area contributed by atoms with Crippen LogP contribution >= 0.6 is 0 Å². The van der Waals surface area contributed by atoms with E-state index >= 15 is 0 Å². The lowest BCUT2D eigenvalue weighted by Gasteiger charge is -2.36. The second kappa shape index (κ2) is 6.17. The fourth-order valence-electron chi connectivity index (χ4n) is 3.28. The molecule has 0 heterocycles. The van der Waals surface area contributed by atoms with Crippen LogP contribution in [0, 0.1) is 17.8 Å². The molecule has 0 aliphatic heterocycles. The molecule has 1 aliphatic carbocycles. The van der Waals surface area contributed by atoms with E-state index in [2.05, 4.69) is 13.8 Å². The lowest BCUT2D eigenvalue weighted by atomic mass is 9.67. The first-order valence-corrected chi connectivity index (χ1v) is 6.62. The highest BCUT2D eigenvalue weighted by Gasteiger charge is 2.38. The van der Waals surface area contributed by atoms with Crippen molar-refractivity contribution in [3.63, 3.8) is 0 Å². The zero-order valence-corrected chi connectivity index (χ0v) is 10.8. The van der Waals surface area contributed by atoms with E-state index in [-0.39, 0.29) is 5.92 Å². The van der Waals surface area contributed by atoms with Gasteiger partial charge in [-0.25, -0.2) is 0 Å². The predicted octanol–water partition coefficient (Wildman–Crippen LogP) is 3.39. The quantitative estimate of drug-likeness (QED) is 0.717. The third-order valence-electron chi connectivity index (χ3n) is 3.78. The average Bonchev–Trinajstić information content (AvgIpc) is 2.17. The van der Waals surface area contributed by atoms with Gasteiger partial charge in [0, 0.05) is 18.8 Å². The van der Waals surface area contributed by atoms with Gasteiger partial charge in [-0.05, 0) is 31.6 Å². The number of ketones is 2. The summed E-state index contributed by atoms with van der Waals surface area (Å²) in [6.07, 6.45) is 5.46. The van der Waals surface area contributed by atoms with Crippen LogP contribution in [0.4, 0.5) is 0 Å². The summed E-state index contributed by atoms with van der Waals surface area (Å²) in [5.74, 6) is 1.46. The highest BCUT2D eigenvalue weighted by atomic mass is 16.1. The van der Waals surface area contributed by atoms with Crippen LogP contribution in [0.5, 0.6) is 0 Å². The van der Waals surface area contributed by atoms with Crippen molar-refractivity contribution in [2.45, 2.75) is 59.3 Å². The molecule has 0 saturated heterocycles. The Balaban J connectivity index is 2.80. The van der Waals surface area contributed by atoms with Crippen LogP contribution in [-0.4, -0.2) is 11.6 Å². The molecule has 2 heteroatoms. The van der Waals surface area contributed by atoms with E-state index in [0.29, 0.717) is 36.2 Å². The van der Waals surface area contributed by atoms with E-state index in [1.807, 2.05) is 0 Å². The minimum absolute atomic E-state index is 0.151. The zero-order chi connectivity index (χ0) is 12.1.